The minimum Gasteiger partial charge on any atom is -0.312 e. The van der Waals surface area contributed by atoms with Crippen LogP contribution in [0.5, 0.6) is 0 Å². The third kappa shape index (κ3) is 2.98. The Morgan fingerprint density at radius 1 is 1.24 bits per heavy atom. The molecule has 3 heteroatoms. The highest BCUT2D eigenvalue weighted by Gasteiger charge is 2.32. The van der Waals surface area contributed by atoms with Crippen LogP contribution in [0.15, 0.2) is 24.3 Å². The number of rotatable bonds is 4. The first-order valence-electron chi connectivity index (χ1n) is 8.45. The monoisotopic (exact) mass is 286 g/mol. The summed E-state index contributed by atoms with van der Waals surface area (Å²) in [6.45, 7) is 4.08. The highest BCUT2D eigenvalue weighted by Crippen LogP contribution is 2.36. The molecule has 1 unspecified atom stereocenters. The Balaban J connectivity index is 1.82. The molecule has 3 nitrogen and oxygen atoms in total. The van der Waals surface area contributed by atoms with Gasteiger partial charge in [0.05, 0.1) is 0 Å². The molecule has 21 heavy (non-hydrogen) atoms. The Kier molecular flexibility index (Phi) is 4.59. The summed E-state index contributed by atoms with van der Waals surface area (Å²) in [7, 11) is 0. The number of nitrogens with one attached hydrogen (secondary N) is 1. The minimum atomic E-state index is 0.262. The number of amides is 1. The van der Waals surface area contributed by atoms with Crippen molar-refractivity contribution in [3.63, 3.8) is 0 Å². The number of hydrogen-bond donors (Lipinski definition) is 1. The molecule has 0 radical (unpaired) electrons. The van der Waals surface area contributed by atoms with Crippen LogP contribution >= 0.6 is 0 Å². The van der Waals surface area contributed by atoms with Crippen molar-refractivity contribution < 1.29 is 4.79 Å². The molecule has 0 spiro atoms. The summed E-state index contributed by atoms with van der Waals surface area (Å²) >= 11 is 0. The second-order valence-electron chi connectivity index (χ2n) is 6.33. The number of hydrogen-bond acceptors (Lipinski definition) is 2. The fraction of sp³-hybridized carbons (Fsp3) is 0.611. The van der Waals surface area contributed by atoms with Gasteiger partial charge in [-0.25, -0.2) is 0 Å². The molecule has 2 aliphatic rings. The molecule has 0 saturated heterocycles. The summed E-state index contributed by atoms with van der Waals surface area (Å²) in [4.78, 5) is 14.8. The molecule has 3 rings (SSSR count). The van der Waals surface area contributed by atoms with Gasteiger partial charge in [-0.05, 0) is 43.9 Å². The molecule has 0 bridgehead atoms. The summed E-state index contributed by atoms with van der Waals surface area (Å²) in [5, 5.41) is 3.62. The van der Waals surface area contributed by atoms with Crippen molar-refractivity contribution in [1.29, 1.82) is 0 Å². The molecule has 1 saturated carbocycles. The van der Waals surface area contributed by atoms with Gasteiger partial charge in [-0.3, -0.25) is 4.79 Å². The van der Waals surface area contributed by atoms with E-state index in [0.717, 1.165) is 44.5 Å². The Morgan fingerprint density at radius 3 is 2.76 bits per heavy atom. The quantitative estimate of drug-likeness (QED) is 0.916. The second-order valence-corrected chi connectivity index (χ2v) is 6.33. The van der Waals surface area contributed by atoms with E-state index in [1.807, 2.05) is 0 Å². The van der Waals surface area contributed by atoms with Crippen molar-refractivity contribution >= 4 is 11.6 Å². The van der Waals surface area contributed by atoms with Crippen molar-refractivity contribution in [1.82, 2.24) is 5.32 Å². The number of nitrogens with zero attached hydrogens (tertiary/aromatic N) is 1. The number of benzene rings is 1. The van der Waals surface area contributed by atoms with E-state index in [1.54, 1.807) is 0 Å². The van der Waals surface area contributed by atoms with Crippen molar-refractivity contribution in [2.75, 3.05) is 18.0 Å². The number of anilines is 1. The largest absolute Gasteiger partial charge is 0.312 e. The van der Waals surface area contributed by atoms with Gasteiger partial charge in [0.25, 0.3) is 0 Å². The van der Waals surface area contributed by atoms with Crippen LogP contribution in [-0.2, 0) is 4.79 Å². The first-order valence-corrected chi connectivity index (χ1v) is 8.45. The fourth-order valence-corrected chi connectivity index (χ4v) is 3.71. The first-order chi connectivity index (χ1) is 10.3. The van der Waals surface area contributed by atoms with Gasteiger partial charge in [0.1, 0.15) is 0 Å². The molecule has 1 atom stereocenters. The van der Waals surface area contributed by atoms with E-state index in [1.165, 1.54) is 18.4 Å². The normalized spacial score (nSPS) is 22.3. The number of para-hydroxylation sites is 1. The van der Waals surface area contributed by atoms with Crippen LogP contribution in [0.3, 0.4) is 0 Å². The molecule has 1 aliphatic heterocycles. The van der Waals surface area contributed by atoms with Crippen molar-refractivity contribution in [2.45, 2.75) is 51.5 Å². The average Bonchev–Trinajstić information content (AvgIpc) is 3.06. The summed E-state index contributed by atoms with van der Waals surface area (Å²) in [6, 6.07) is 8.83. The Morgan fingerprint density at radius 2 is 2.00 bits per heavy atom. The van der Waals surface area contributed by atoms with Gasteiger partial charge in [0.15, 0.2) is 0 Å². The van der Waals surface area contributed by atoms with E-state index >= 15 is 0 Å². The van der Waals surface area contributed by atoms with Crippen LogP contribution in [0, 0.1) is 5.92 Å². The predicted molar refractivity (Wildman–Crippen MR) is 86.4 cm³/mol. The smallest absolute Gasteiger partial charge is 0.230 e. The zero-order chi connectivity index (χ0) is 14.7. The summed E-state index contributed by atoms with van der Waals surface area (Å²) < 4.78 is 0. The van der Waals surface area contributed by atoms with Crippen molar-refractivity contribution in [3.8, 4) is 0 Å². The first kappa shape index (κ1) is 14.6. The van der Waals surface area contributed by atoms with Crippen LogP contribution in [0.4, 0.5) is 5.69 Å². The minimum absolute atomic E-state index is 0.262. The standard InChI is InChI=1S/C18H26N2O/c1-2-12-19-16-11-13-20(17-10-6-5-9-15(16)17)18(21)14-7-3-4-8-14/h5-6,9-10,14,16,19H,2-4,7-8,11-13H2,1H3. The molecular weight excluding hydrogens is 260 g/mol. The molecule has 1 aromatic rings. The van der Waals surface area contributed by atoms with E-state index < -0.39 is 0 Å². The van der Waals surface area contributed by atoms with E-state index in [0.29, 0.717) is 11.9 Å². The van der Waals surface area contributed by atoms with Crippen LogP contribution in [0.2, 0.25) is 0 Å². The van der Waals surface area contributed by atoms with Gasteiger partial charge in [-0.2, -0.15) is 0 Å². The lowest BCUT2D eigenvalue weighted by Gasteiger charge is -2.36. The van der Waals surface area contributed by atoms with E-state index in [4.69, 9.17) is 0 Å². The Bertz CT molecular complexity index is 494. The molecule has 1 aromatic carbocycles. The maximum Gasteiger partial charge on any atom is 0.230 e. The average molecular weight is 286 g/mol. The second kappa shape index (κ2) is 6.61. The van der Waals surface area contributed by atoms with Gasteiger partial charge in [0.2, 0.25) is 5.91 Å². The predicted octanol–water partition coefficient (Wildman–Crippen LogP) is 3.65. The molecule has 1 heterocycles. The van der Waals surface area contributed by atoms with E-state index in [-0.39, 0.29) is 5.92 Å². The van der Waals surface area contributed by atoms with Crippen molar-refractivity contribution in [3.05, 3.63) is 29.8 Å². The SMILES string of the molecule is CCCNC1CCN(C(=O)C2CCCC2)c2ccccc21. The Hall–Kier alpha value is -1.35. The lowest BCUT2D eigenvalue weighted by molar-refractivity contribution is -0.122. The number of fused-ring (bicyclic) bond motifs is 1. The van der Waals surface area contributed by atoms with Gasteiger partial charge >= 0.3 is 0 Å². The highest BCUT2D eigenvalue weighted by atomic mass is 16.2. The molecular formula is C18H26N2O. The Labute approximate surface area is 127 Å². The highest BCUT2D eigenvalue weighted by molar-refractivity contribution is 5.96. The van der Waals surface area contributed by atoms with Gasteiger partial charge in [-0.1, -0.05) is 38.0 Å². The number of carbonyl (C=O) groups is 1. The molecule has 1 fully saturated rings. The molecule has 114 valence electrons. The van der Waals surface area contributed by atoms with E-state index in [9.17, 15) is 4.79 Å². The zero-order valence-electron chi connectivity index (χ0n) is 13.0. The van der Waals surface area contributed by atoms with Crippen molar-refractivity contribution in [2.24, 2.45) is 5.92 Å². The molecule has 1 amide bonds. The van der Waals surface area contributed by atoms with Crippen LogP contribution in [0.25, 0.3) is 0 Å². The van der Waals surface area contributed by atoms with Crippen LogP contribution in [-0.4, -0.2) is 19.0 Å². The third-order valence-electron chi connectivity index (χ3n) is 4.86. The van der Waals surface area contributed by atoms with Crippen LogP contribution in [0.1, 0.15) is 57.1 Å². The summed E-state index contributed by atoms with van der Waals surface area (Å²) in [5.41, 5.74) is 2.43. The number of carbonyl (C=O) groups excluding carboxylic acids is 1. The summed E-state index contributed by atoms with van der Waals surface area (Å²) in [5.74, 6) is 0.618. The van der Waals surface area contributed by atoms with Crippen LogP contribution < -0.4 is 10.2 Å². The lowest BCUT2D eigenvalue weighted by Crippen LogP contribution is -2.42. The maximum atomic E-state index is 12.8. The third-order valence-corrected chi connectivity index (χ3v) is 4.86. The molecule has 0 aromatic heterocycles. The topological polar surface area (TPSA) is 32.3 Å². The maximum absolute atomic E-state index is 12.8. The van der Waals surface area contributed by atoms with Gasteiger partial charge in [-0.15, -0.1) is 0 Å². The van der Waals surface area contributed by atoms with Gasteiger partial charge < -0.3 is 10.2 Å². The molecule has 1 N–H and O–H groups in total. The lowest BCUT2D eigenvalue weighted by atomic mass is 9.94. The van der Waals surface area contributed by atoms with Gasteiger partial charge in [0, 0.05) is 24.2 Å². The summed E-state index contributed by atoms with van der Waals surface area (Å²) in [6.07, 6.45) is 6.75. The fourth-order valence-electron chi connectivity index (χ4n) is 3.71. The zero-order valence-corrected chi connectivity index (χ0v) is 13.0. The van der Waals surface area contributed by atoms with E-state index in [2.05, 4.69) is 41.4 Å². The molecule has 1 aliphatic carbocycles.